The summed E-state index contributed by atoms with van der Waals surface area (Å²) in [4.78, 5) is 19.9. The molecule has 0 radical (unpaired) electrons. The van der Waals surface area contributed by atoms with Crippen molar-refractivity contribution in [3.05, 3.63) is 0 Å². The van der Waals surface area contributed by atoms with E-state index in [0.717, 1.165) is 0 Å². The number of carboxylic acids is 1. The molecule has 0 saturated carbocycles. The molecule has 2 N–H and O–H groups in total. The number of carboxylic acid groups (broad SMARTS) is 1. The first kappa shape index (κ1) is 9.94. The monoisotopic (exact) mass is 159 g/mol. The molecule has 0 aliphatic carbocycles. The highest BCUT2D eigenvalue weighted by molar-refractivity contribution is 5.66. The lowest BCUT2D eigenvalue weighted by atomic mass is 10.1. The van der Waals surface area contributed by atoms with Crippen molar-refractivity contribution in [2.75, 3.05) is 0 Å². The van der Waals surface area contributed by atoms with Gasteiger partial charge in [-0.25, -0.2) is 0 Å². The minimum absolute atomic E-state index is 0.0758. The van der Waals surface area contributed by atoms with E-state index < -0.39 is 5.97 Å². The van der Waals surface area contributed by atoms with Crippen LogP contribution in [0.2, 0.25) is 0 Å². The molecule has 1 amide bonds. The van der Waals surface area contributed by atoms with Crippen molar-refractivity contribution in [2.45, 2.75) is 32.2 Å². The van der Waals surface area contributed by atoms with E-state index in [1.807, 2.05) is 6.92 Å². The van der Waals surface area contributed by atoms with Crippen LogP contribution in [0, 0.1) is 0 Å². The highest BCUT2D eigenvalue weighted by atomic mass is 16.4. The number of nitrogens with one attached hydrogen (secondary N) is 1. The number of aliphatic carboxylic acids is 1. The summed E-state index contributed by atoms with van der Waals surface area (Å²) >= 11 is 0. The van der Waals surface area contributed by atoms with Crippen LogP contribution < -0.4 is 5.32 Å². The molecule has 0 fully saturated rings. The normalized spacial score (nSPS) is 12.1. The Balaban J connectivity index is 3.23. The van der Waals surface area contributed by atoms with Gasteiger partial charge in [0.2, 0.25) is 6.41 Å². The fraction of sp³-hybridized carbons (Fsp3) is 0.714. The molecule has 0 aromatic rings. The summed E-state index contributed by atoms with van der Waals surface area (Å²) in [7, 11) is 0. The minimum Gasteiger partial charge on any atom is -0.481 e. The van der Waals surface area contributed by atoms with Crippen molar-refractivity contribution >= 4 is 12.4 Å². The number of hydrogen-bond donors (Lipinski definition) is 2. The average Bonchev–Trinajstić information content (AvgIpc) is 1.87. The predicted octanol–water partition coefficient (Wildman–Crippen LogP) is 0.376. The predicted molar refractivity (Wildman–Crippen MR) is 40.1 cm³/mol. The van der Waals surface area contributed by atoms with E-state index in [9.17, 15) is 9.59 Å². The van der Waals surface area contributed by atoms with Crippen LogP contribution >= 0.6 is 0 Å². The lowest BCUT2D eigenvalue weighted by Gasteiger charge is -2.07. The van der Waals surface area contributed by atoms with Gasteiger partial charge in [-0.15, -0.1) is 0 Å². The van der Waals surface area contributed by atoms with Gasteiger partial charge in [0.15, 0.2) is 0 Å². The Morgan fingerprint density at radius 1 is 1.73 bits per heavy atom. The molecule has 0 aliphatic rings. The second-order valence-corrected chi connectivity index (χ2v) is 2.47. The minimum atomic E-state index is -0.789. The van der Waals surface area contributed by atoms with Crippen molar-refractivity contribution in [2.24, 2.45) is 0 Å². The van der Waals surface area contributed by atoms with Gasteiger partial charge < -0.3 is 10.4 Å². The summed E-state index contributed by atoms with van der Waals surface area (Å²) in [6.07, 6.45) is 2.12. The maximum Gasteiger partial charge on any atom is 0.303 e. The van der Waals surface area contributed by atoms with Crippen LogP contribution in [0.1, 0.15) is 26.2 Å². The molecule has 0 rings (SSSR count). The van der Waals surface area contributed by atoms with E-state index in [-0.39, 0.29) is 12.5 Å². The third-order valence-corrected chi connectivity index (χ3v) is 1.38. The fourth-order valence-electron chi connectivity index (χ4n) is 0.759. The number of carbonyl (C=O) groups is 2. The molecular formula is C7H13NO3. The molecule has 4 nitrogen and oxygen atoms in total. The summed E-state index contributed by atoms with van der Waals surface area (Å²) in [5, 5.41) is 10.8. The van der Waals surface area contributed by atoms with E-state index >= 15 is 0 Å². The lowest BCUT2D eigenvalue weighted by Crippen LogP contribution is -2.24. The summed E-state index contributed by atoms with van der Waals surface area (Å²) in [6.45, 7) is 1.84. The van der Waals surface area contributed by atoms with Crippen LogP contribution in [0.25, 0.3) is 0 Å². The Kier molecular flexibility index (Phi) is 5.15. The van der Waals surface area contributed by atoms with Crippen LogP contribution in [-0.4, -0.2) is 23.5 Å². The first-order valence-corrected chi connectivity index (χ1v) is 3.58. The number of amides is 1. The molecule has 0 bridgehead atoms. The fourth-order valence-corrected chi connectivity index (χ4v) is 0.759. The first-order valence-electron chi connectivity index (χ1n) is 3.58. The molecule has 4 heteroatoms. The third-order valence-electron chi connectivity index (χ3n) is 1.38. The zero-order chi connectivity index (χ0) is 8.69. The summed E-state index contributed by atoms with van der Waals surface area (Å²) < 4.78 is 0. The summed E-state index contributed by atoms with van der Waals surface area (Å²) in [5.41, 5.74) is 0. The van der Waals surface area contributed by atoms with Gasteiger partial charge in [0.1, 0.15) is 0 Å². The first-order chi connectivity index (χ1) is 5.16. The van der Waals surface area contributed by atoms with Crippen LogP contribution in [-0.2, 0) is 9.59 Å². The second-order valence-electron chi connectivity index (χ2n) is 2.47. The van der Waals surface area contributed by atoms with Crippen molar-refractivity contribution in [1.29, 1.82) is 0 Å². The van der Waals surface area contributed by atoms with E-state index in [2.05, 4.69) is 5.32 Å². The Hall–Kier alpha value is -1.06. The van der Waals surface area contributed by atoms with Crippen molar-refractivity contribution in [3.63, 3.8) is 0 Å². The Morgan fingerprint density at radius 3 is 2.82 bits per heavy atom. The quantitative estimate of drug-likeness (QED) is 0.550. The van der Waals surface area contributed by atoms with Gasteiger partial charge in [-0.3, -0.25) is 9.59 Å². The molecule has 1 unspecified atom stereocenters. The number of hydrogen-bond acceptors (Lipinski definition) is 2. The summed E-state index contributed by atoms with van der Waals surface area (Å²) in [5.74, 6) is -0.789. The van der Waals surface area contributed by atoms with Gasteiger partial charge in [0, 0.05) is 12.5 Å². The van der Waals surface area contributed by atoms with Gasteiger partial charge in [-0.05, 0) is 19.8 Å². The van der Waals surface area contributed by atoms with E-state index in [4.69, 9.17) is 5.11 Å². The van der Waals surface area contributed by atoms with Crippen LogP contribution in [0.15, 0.2) is 0 Å². The zero-order valence-electron chi connectivity index (χ0n) is 6.54. The van der Waals surface area contributed by atoms with Crippen LogP contribution in [0.4, 0.5) is 0 Å². The smallest absolute Gasteiger partial charge is 0.303 e. The average molecular weight is 159 g/mol. The van der Waals surface area contributed by atoms with Crippen LogP contribution in [0.3, 0.4) is 0 Å². The van der Waals surface area contributed by atoms with E-state index in [1.54, 1.807) is 0 Å². The topological polar surface area (TPSA) is 66.4 Å². The number of rotatable bonds is 6. The Labute approximate surface area is 65.6 Å². The molecule has 64 valence electrons. The molecule has 0 aliphatic heterocycles. The van der Waals surface area contributed by atoms with Crippen molar-refractivity contribution < 1.29 is 14.7 Å². The van der Waals surface area contributed by atoms with Gasteiger partial charge in [-0.2, -0.15) is 0 Å². The third kappa shape index (κ3) is 6.83. The largest absolute Gasteiger partial charge is 0.481 e. The molecule has 11 heavy (non-hydrogen) atoms. The van der Waals surface area contributed by atoms with Crippen molar-refractivity contribution in [3.8, 4) is 0 Å². The Morgan fingerprint density at radius 2 is 2.36 bits per heavy atom. The van der Waals surface area contributed by atoms with Gasteiger partial charge in [0.05, 0.1) is 0 Å². The highest BCUT2D eigenvalue weighted by Gasteiger charge is 2.01. The van der Waals surface area contributed by atoms with E-state index in [1.165, 1.54) is 0 Å². The highest BCUT2D eigenvalue weighted by Crippen LogP contribution is 1.99. The molecule has 0 spiro atoms. The molecule has 0 saturated heterocycles. The zero-order valence-corrected chi connectivity index (χ0v) is 6.54. The Bertz CT molecular complexity index is 136. The molecule has 1 atom stereocenters. The van der Waals surface area contributed by atoms with Gasteiger partial charge in [-0.1, -0.05) is 0 Å². The SMILES string of the molecule is CC(CCCC(=O)O)NC=O. The lowest BCUT2D eigenvalue weighted by molar-refractivity contribution is -0.137. The van der Waals surface area contributed by atoms with Crippen LogP contribution in [0.5, 0.6) is 0 Å². The molecule has 0 aromatic heterocycles. The van der Waals surface area contributed by atoms with Gasteiger partial charge in [0.25, 0.3) is 0 Å². The number of carbonyl (C=O) groups excluding carboxylic acids is 1. The molecule has 0 heterocycles. The summed E-state index contributed by atoms with van der Waals surface area (Å²) in [6, 6.07) is 0.0758. The molecular weight excluding hydrogens is 146 g/mol. The van der Waals surface area contributed by atoms with Gasteiger partial charge >= 0.3 is 5.97 Å². The maximum atomic E-state index is 10.0. The van der Waals surface area contributed by atoms with Crippen molar-refractivity contribution in [1.82, 2.24) is 5.32 Å². The second kappa shape index (κ2) is 5.70. The van der Waals surface area contributed by atoms with E-state index in [0.29, 0.717) is 19.3 Å². The standard InChI is InChI=1S/C7H13NO3/c1-6(8-5-9)3-2-4-7(10)11/h5-6H,2-4H2,1H3,(H,8,9)(H,10,11). The maximum absolute atomic E-state index is 10.0. The molecule has 0 aromatic carbocycles.